The summed E-state index contributed by atoms with van der Waals surface area (Å²) in [5.41, 5.74) is 4.93. The van der Waals surface area contributed by atoms with Crippen molar-refractivity contribution >= 4 is 26.6 Å². The topological polar surface area (TPSA) is 27.7 Å². The van der Waals surface area contributed by atoms with E-state index in [1.807, 2.05) is 12.1 Å². The Morgan fingerprint density at radius 2 is 1.04 bits per heavy atom. The van der Waals surface area contributed by atoms with E-state index in [0.717, 1.165) is 22.3 Å². The van der Waals surface area contributed by atoms with Gasteiger partial charge in [-0.2, -0.15) is 0 Å². The van der Waals surface area contributed by atoms with Gasteiger partial charge in [-0.25, -0.2) is 0 Å². The molecule has 5 heteroatoms. The summed E-state index contributed by atoms with van der Waals surface area (Å²) in [7, 11) is 12.7. The Labute approximate surface area is 164 Å². The van der Waals surface area contributed by atoms with Crippen LogP contribution in [0.4, 0.5) is 0 Å². The molecular formula is C22H24B2O3. The minimum Gasteiger partial charge on any atom is -0.460 e. The predicted molar refractivity (Wildman–Crippen MR) is 109 cm³/mol. The van der Waals surface area contributed by atoms with E-state index in [-0.39, 0.29) is 10.8 Å². The minimum absolute atomic E-state index is 0.0484. The molecule has 2 aliphatic heterocycles. The molecule has 0 amide bonds. The van der Waals surface area contributed by atoms with E-state index in [2.05, 4.69) is 53.7 Å². The molecule has 2 atom stereocenters. The lowest BCUT2D eigenvalue weighted by atomic mass is 9.79. The lowest BCUT2D eigenvalue weighted by Gasteiger charge is -2.40. The molecule has 136 valence electrons. The Morgan fingerprint density at radius 1 is 0.667 bits per heavy atom. The van der Waals surface area contributed by atoms with E-state index in [1.165, 1.54) is 0 Å². The fourth-order valence-electron chi connectivity index (χ4n) is 3.49. The Hall–Kier alpha value is -1.87. The molecule has 2 aromatic carbocycles. The molecule has 0 saturated carbocycles. The molecule has 2 heterocycles. The van der Waals surface area contributed by atoms with Gasteiger partial charge in [0.1, 0.15) is 27.2 Å². The van der Waals surface area contributed by atoms with Gasteiger partial charge in [-0.1, -0.05) is 64.6 Å². The molecule has 4 radical (unpaired) electrons. The Kier molecular flexibility index (Phi) is 3.98. The summed E-state index contributed by atoms with van der Waals surface area (Å²) >= 11 is 0. The van der Waals surface area contributed by atoms with Crippen LogP contribution in [-0.4, -0.2) is 15.7 Å². The maximum atomic E-state index is 6.33. The summed E-state index contributed by atoms with van der Waals surface area (Å²) in [6, 6.07) is 8.05. The third-order valence-corrected chi connectivity index (χ3v) is 5.23. The lowest BCUT2D eigenvalue weighted by molar-refractivity contribution is -0.226. The molecule has 2 aliphatic rings. The Bertz CT molecular complexity index is 847. The van der Waals surface area contributed by atoms with Crippen molar-refractivity contribution in [1.82, 2.24) is 0 Å². The second kappa shape index (κ2) is 5.81. The second-order valence-electron chi connectivity index (χ2n) is 9.50. The van der Waals surface area contributed by atoms with Gasteiger partial charge in [0.2, 0.25) is 12.6 Å². The SMILES string of the molecule is [B]c1cc(C(C)(C)C)cc2c1OC1OC2Oc2c([B])cc(C(C)(C)C)cc21. The van der Waals surface area contributed by atoms with Gasteiger partial charge in [0, 0.05) is 0 Å². The lowest BCUT2D eigenvalue weighted by Crippen LogP contribution is -2.36. The average molecular weight is 358 g/mol. The van der Waals surface area contributed by atoms with E-state index in [4.69, 9.17) is 29.9 Å². The largest absolute Gasteiger partial charge is 0.460 e. The monoisotopic (exact) mass is 358 g/mol. The summed E-state index contributed by atoms with van der Waals surface area (Å²) in [6.07, 6.45) is -1.17. The predicted octanol–water partition coefficient (Wildman–Crippen LogP) is 3.37. The zero-order valence-electron chi connectivity index (χ0n) is 16.8. The molecule has 2 bridgehead atoms. The van der Waals surface area contributed by atoms with Gasteiger partial charge in [-0.3, -0.25) is 4.74 Å². The quantitative estimate of drug-likeness (QED) is 0.676. The molecule has 0 N–H and O–H groups in total. The molecule has 0 aromatic heterocycles. The van der Waals surface area contributed by atoms with Crippen molar-refractivity contribution in [1.29, 1.82) is 0 Å². The van der Waals surface area contributed by atoms with Crippen LogP contribution in [0.3, 0.4) is 0 Å². The molecule has 2 aromatic rings. The van der Waals surface area contributed by atoms with Crippen LogP contribution in [0, 0.1) is 0 Å². The number of benzene rings is 2. The number of ether oxygens (including phenoxy) is 3. The van der Waals surface area contributed by atoms with E-state index in [1.54, 1.807) is 0 Å². The standard InChI is InChI=1S/C22H24B2O3/c1-21(2,3)11-7-13-17(15(23)9-11)25-20-14-8-12(22(4,5)6)10-16(24)18(14)26-19(13)27-20/h7-10,19-20H,1-6H3. The summed E-state index contributed by atoms with van der Waals surface area (Å²) in [6.45, 7) is 12.9. The van der Waals surface area contributed by atoms with Crippen LogP contribution in [-0.2, 0) is 15.6 Å². The van der Waals surface area contributed by atoms with Crippen molar-refractivity contribution in [2.24, 2.45) is 0 Å². The van der Waals surface area contributed by atoms with Gasteiger partial charge in [0.25, 0.3) is 0 Å². The van der Waals surface area contributed by atoms with Crippen LogP contribution in [0.2, 0.25) is 0 Å². The zero-order valence-corrected chi connectivity index (χ0v) is 16.8. The highest BCUT2D eigenvalue weighted by molar-refractivity contribution is 6.35. The summed E-state index contributed by atoms with van der Waals surface area (Å²) in [4.78, 5) is 0. The van der Waals surface area contributed by atoms with Crippen LogP contribution in [0.5, 0.6) is 11.5 Å². The maximum Gasteiger partial charge on any atom is 0.233 e. The van der Waals surface area contributed by atoms with Crippen molar-refractivity contribution in [3.8, 4) is 11.5 Å². The highest BCUT2D eigenvalue weighted by atomic mass is 16.8. The van der Waals surface area contributed by atoms with Gasteiger partial charge < -0.3 is 9.47 Å². The van der Waals surface area contributed by atoms with Crippen molar-refractivity contribution in [3.05, 3.63) is 46.5 Å². The van der Waals surface area contributed by atoms with E-state index < -0.39 is 12.6 Å². The smallest absolute Gasteiger partial charge is 0.233 e. The van der Waals surface area contributed by atoms with Gasteiger partial charge in [-0.05, 0) is 34.1 Å². The van der Waals surface area contributed by atoms with Gasteiger partial charge in [0.05, 0.1) is 11.1 Å². The van der Waals surface area contributed by atoms with Crippen molar-refractivity contribution in [2.75, 3.05) is 0 Å². The summed E-state index contributed by atoms with van der Waals surface area (Å²) in [5.74, 6) is 1.27. The molecule has 0 spiro atoms. The molecule has 2 unspecified atom stereocenters. The first-order chi connectivity index (χ1) is 12.4. The first-order valence-electron chi connectivity index (χ1n) is 9.32. The first-order valence-corrected chi connectivity index (χ1v) is 9.32. The third-order valence-electron chi connectivity index (χ3n) is 5.23. The fraction of sp³-hybridized carbons (Fsp3) is 0.455. The fourth-order valence-corrected chi connectivity index (χ4v) is 3.49. The van der Waals surface area contributed by atoms with Gasteiger partial charge >= 0.3 is 0 Å². The van der Waals surface area contributed by atoms with Crippen LogP contribution < -0.4 is 20.4 Å². The summed E-state index contributed by atoms with van der Waals surface area (Å²) in [5, 5.41) is 0. The Morgan fingerprint density at radius 3 is 1.37 bits per heavy atom. The van der Waals surface area contributed by atoms with Crippen molar-refractivity contribution < 1.29 is 14.2 Å². The molecule has 4 rings (SSSR count). The number of fused-ring (bicyclic) bond motifs is 6. The normalized spacial score (nSPS) is 21.0. The number of hydrogen-bond acceptors (Lipinski definition) is 3. The molecule has 0 fully saturated rings. The zero-order chi connectivity index (χ0) is 19.7. The third kappa shape index (κ3) is 3.06. The highest BCUT2D eigenvalue weighted by Crippen LogP contribution is 2.47. The van der Waals surface area contributed by atoms with Crippen molar-refractivity contribution in [3.63, 3.8) is 0 Å². The Balaban J connectivity index is 1.82. The second-order valence-corrected chi connectivity index (χ2v) is 9.50. The molecule has 0 aliphatic carbocycles. The van der Waals surface area contributed by atoms with Crippen LogP contribution >= 0.6 is 0 Å². The molecule has 27 heavy (non-hydrogen) atoms. The van der Waals surface area contributed by atoms with Crippen molar-refractivity contribution in [2.45, 2.75) is 65.0 Å². The molecule has 0 saturated heterocycles. The number of hydrogen-bond donors (Lipinski definition) is 0. The maximum absolute atomic E-state index is 6.33. The first kappa shape index (κ1) is 18.5. The molecule has 3 nitrogen and oxygen atoms in total. The van der Waals surface area contributed by atoms with Crippen LogP contribution in [0.15, 0.2) is 24.3 Å². The van der Waals surface area contributed by atoms with Gasteiger partial charge in [-0.15, -0.1) is 0 Å². The highest BCUT2D eigenvalue weighted by Gasteiger charge is 2.40. The summed E-state index contributed by atoms with van der Waals surface area (Å²) < 4.78 is 18.4. The number of rotatable bonds is 0. The minimum atomic E-state index is -0.585. The van der Waals surface area contributed by atoms with E-state index >= 15 is 0 Å². The average Bonchev–Trinajstić information content (AvgIpc) is 2.54. The van der Waals surface area contributed by atoms with Gasteiger partial charge in [0.15, 0.2) is 0 Å². The molecular weight excluding hydrogens is 334 g/mol. The van der Waals surface area contributed by atoms with Crippen LogP contribution in [0.25, 0.3) is 0 Å². The van der Waals surface area contributed by atoms with E-state index in [0.29, 0.717) is 22.4 Å². The van der Waals surface area contributed by atoms with E-state index in [9.17, 15) is 0 Å². The van der Waals surface area contributed by atoms with Crippen LogP contribution in [0.1, 0.15) is 76.4 Å².